The smallest absolute Gasteiger partial charge is 0.229 e. The van der Waals surface area contributed by atoms with Crippen molar-refractivity contribution >= 4 is 11.0 Å². The lowest BCUT2D eigenvalue weighted by atomic mass is 9.99. The number of benzene rings is 2. The van der Waals surface area contributed by atoms with E-state index < -0.39 is 96.3 Å². The maximum absolute atomic E-state index is 13.0. The van der Waals surface area contributed by atoms with Gasteiger partial charge in [-0.15, -0.1) is 0 Å². The summed E-state index contributed by atoms with van der Waals surface area (Å²) in [4.78, 5) is 13.0. The van der Waals surface area contributed by atoms with Crippen LogP contribution in [0.3, 0.4) is 0 Å². The normalized spacial score (nSPS) is 33.4. The highest BCUT2D eigenvalue weighted by Crippen LogP contribution is 2.42. The van der Waals surface area contributed by atoms with E-state index in [0.717, 1.165) is 12.1 Å². The van der Waals surface area contributed by atoms with E-state index in [0.29, 0.717) is 5.56 Å². The number of aromatic hydroxyl groups is 2. The third-order valence-corrected chi connectivity index (χ3v) is 7.20. The summed E-state index contributed by atoms with van der Waals surface area (Å²) in [5.74, 6) is -1.74. The van der Waals surface area contributed by atoms with Gasteiger partial charge in [0.15, 0.2) is 16.8 Å². The maximum Gasteiger partial charge on any atom is 0.229 e. The fraction of sp³-hybridized carbons (Fsp3) is 0.444. The third-order valence-electron chi connectivity index (χ3n) is 7.20. The molecule has 42 heavy (non-hydrogen) atoms. The van der Waals surface area contributed by atoms with Gasteiger partial charge >= 0.3 is 0 Å². The summed E-state index contributed by atoms with van der Waals surface area (Å²) in [5, 5.41) is 90.5. The van der Waals surface area contributed by atoms with E-state index >= 15 is 0 Å². The van der Waals surface area contributed by atoms with Gasteiger partial charge in [0.05, 0.1) is 12.7 Å². The molecule has 3 heterocycles. The predicted octanol–water partition coefficient (Wildman–Crippen LogP) is -1.74. The van der Waals surface area contributed by atoms with Gasteiger partial charge in [-0.25, -0.2) is 0 Å². The first-order valence-corrected chi connectivity index (χ1v) is 12.9. The summed E-state index contributed by atoms with van der Waals surface area (Å²) in [6.07, 6.45) is -14.8. The van der Waals surface area contributed by atoms with E-state index in [4.69, 9.17) is 23.4 Å². The van der Waals surface area contributed by atoms with Crippen molar-refractivity contribution in [2.75, 3.05) is 6.61 Å². The van der Waals surface area contributed by atoms with Crippen LogP contribution in [-0.4, -0.2) is 114 Å². The number of ether oxygens (including phenoxy) is 4. The molecule has 2 fully saturated rings. The van der Waals surface area contributed by atoms with Gasteiger partial charge in [0, 0.05) is 17.7 Å². The number of aliphatic hydroxyl groups excluding tert-OH is 7. The second-order valence-corrected chi connectivity index (χ2v) is 10.1. The van der Waals surface area contributed by atoms with Gasteiger partial charge in [0.2, 0.25) is 18.3 Å². The molecule has 5 rings (SSSR count). The van der Waals surface area contributed by atoms with Crippen molar-refractivity contribution in [2.24, 2.45) is 0 Å². The molecule has 228 valence electrons. The van der Waals surface area contributed by atoms with Crippen LogP contribution < -0.4 is 14.9 Å². The second kappa shape index (κ2) is 11.6. The van der Waals surface area contributed by atoms with Crippen LogP contribution in [0.15, 0.2) is 45.6 Å². The van der Waals surface area contributed by atoms with Crippen LogP contribution in [0.5, 0.6) is 23.0 Å². The number of phenols is 2. The Balaban J connectivity index is 1.46. The maximum atomic E-state index is 13.0. The largest absolute Gasteiger partial charge is 0.507 e. The van der Waals surface area contributed by atoms with Crippen LogP contribution in [0.25, 0.3) is 22.3 Å². The van der Waals surface area contributed by atoms with Crippen molar-refractivity contribution in [3.05, 3.63) is 46.6 Å². The molecule has 3 aromatic rings. The fourth-order valence-corrected chi connectivity index (χ4v) is 4.76. The highest BCUT2D eigenvalue weighted by atomic mass is 16.7. The number of phenolic OH excluding ortho intramolecular Hbond substituents is 2. The summed E-state index contributed by atoms with van der Waals surface area (Å²) < 4.78 is 27.7. The Labute approximate surface area is 236 Å². The molecule has 0 bridgehead atoms. The molecule has 1 aromatic heterocycles. The van der Waals surface area contributed by atoms with E-state index in [1.807, 2.05) is 0 Å². The molecule has 2 saturated heterocycles. The van der Waals surface area contributed by atoms with Crippen LogP contribution in [0, 0.1) is 0 Å². The van der Waals surface area contributed by atoms with Gasteiger partial charge in [-0.1, -0.05) is 0 Å². The molecule has 0 aliphatic carbocycles. The molecule has 9 N–H and O–H groups in total. The van der Waals surface area contributed by atoms with E-state index in [9.17, 15) is 50.8 Å². The number of rotatable bonds is 6. The van der Waals surface area contributed by atoms with Crippen molar-refractivity contribution in [3.63, 3.8) is 0 Å². The fourth-order valence-electron chi connectivity index (χ4n) is 4.76. The van der Waals surface area contributed by atoms with Crippen molar-refractivity contribution in [1.82, 2.24) is 0 Å². The Morgan fingerprint density at radius 1 is 0.762 bits per heavy atom. The summed E-state index contributed by atoms with van der Waals surface area (Å²) in [6, 6.07) is 7.73. The first-order chi connectivity index (χ1) is 19.9. The Morgan fingerprint density at radius 3 is 2.02 bits per heavy atom. The summed E-state index contributed by atoms with van der Waals surface area (Å²) in [7, 11) is 0. The van der Waals surface area contributed by atoms with Gasteiger partial charge in [0.25, 0.3) is 0 Å². The minimum absolute atomic E-state index is 0.0520. The zero-order valence-electron chi connectivity index (χ0n) is 21.9. The highest BCUT2D eigenvalue weighted by Gasteiger charge is 2.45. The Hall–Kier alpha value is -3.51. The minimum atomic E-state index is -1.84. The van der Waals surface area contributed by atoms with E-state index in [1.165, 1.54) is 31.2 Å². The molecule has 2 aliphatic heterocycles. The molecule has 0 amide bonds. The minimum Gasteiger partial charge on any atom is -0.507 e. The first kappa shape index (κ1) is 30.0. The number of fused-ring (bicyclic) bond motifs is 1. The Morgan fingerprint density at radius 2 is 1.38 bits per heavy atom. The lowest BCUT2D eigenvalue weighted by molar-refractivity contribution is -0.277. The molecule has 2 aromatic carbocycles. The molecular formula is C27H30O15. The average molecular weight is 595 g/mol. The topological polar surface area (TPSA) is 249 Å². The SMILES string of the molecule is CC1OC(Oc2ccc(-c3cc(=O)c4c(O)cc(O)c(OC5OC(CO)C(O)C(O)C5O)c4o3)cc2)C(O)C(O)C1O. The lowest BCUT2D eigenvalue weighted by Gasteiger charge is -2.39. The predicted molar refractivity (Wildman–Crippen MR) is 139 cm³/mol. The zero-order chi connectivity index (χ0) is 30.5. The van der Waals surface area contributed by atoms with Crippen molar-refractivity contribution in [1.29, 1.82) is 0 Å². The molecule has 0 spiro atoms. The average Bonchev–Trinajstić information content (AvgIpc) is 2.96. The van der Waals surface area contributed by atoms with E-state index in [-0.39, 0.29) is 16.9 Å². The second-order valence-electron chi connectivity index (χ2n) is 10.1. The van der Waals surface area contributed by atoms with Gasteiger partial charge in [0.1, 0.15) is 65.4 Å². The van der Waals surface area contributed by atoms with Crippen molar-refractivity contribution < 1.29 is 69.3 Å². The molecule has 0 saturated carbocycles. The Bertz CT molecular complexity index is 1470. The van der Waals surface area contributed by atoms with E-state index in [1.54, 1.807) is 0 Å². The van der Waals surface area contributed by atoms with E-state index in [2.05, 4.69) is 0 Å². The molecule has 15 nitrogen and oxygen atoms in total. The highest BCUT2D eigenvalue weighted by molar-refractivity contribution is 5.91. The summed E-state index contributed by atoms with van der Waals surface area (Å²) in [6.45, 7) is 0.769. The van der Waals surface area contributed by atoms with Crippen LogP contribution in [0.2, 0.25) is 0 Å². The van der Waals surface area contributed by atoms with Crippen LogP contribution in [-0.2, 0) is 9.47 Å². The standard InChI is InChI=1S/C27H30O15/c1-9-18(32)20(34)22(36)26(38-9)39-11-4-2-10(3-5-11)15-7-13(30)17-12(29)6-14(31)24(25(17)40-15)42-27-23(37)21(35)19(33)16(8-28)41-27/h2-7,9,16,18-23,26-29,31-37H,8H2,1H3. The zero-order valence-corrected chi connectivity index (χ0v) is 21.9. The van der Waals surface area contributed by atoms with Gasteiger partial charge in [-0.3, -0.25) is 4.79 Å². The van der Waals surface area contributed by atoms with Crippen LogP contribution in [0.4, 0.5) is 0 Å². The Kier molecular flexibility index (Phi) is 8.30. The number of hydrogen-bond donors (Lipinski definition) is 9. The molecule has 10 unspecified atom stereocenters. The molecule has 0 radical (unpaired) electrons. The van der Waals surface area contributed by atoms with Crippen LogP contribution >= 0.6 is 0 Å². The molecule has 15 heteroatoms. The first-order valence-electron chi connectivity index (χ1n) is 12.9. The molecule has 10 atom stereocenters. The quantitative estimate of drug-likeness (QED) is 0.154. The van der Waals surface area contributed by atoms with Gasteiger partial charge in [-0.05, 0) is 31.2 Å². The number of hydrogen-bond acceptors (Lipinski definition) is 15. The lowest BCUT2D eigenvalue weighted by Crippen LogP contribution is -2.60. The molecular weight excluding hydrogens is 564 g/mol. The summed E-state index contributed by atoms with van der Waals surface area (Å²) in [5.41, 5.74) is -0.854. The summed E-state index contributed by atoms with van der Waals surface area (Å²) >= 11 is 0. The van der Waals surface area contributed by atoms with Crippen molar-refractivity contribution in [3.8, 4) is 34.3 Å². The monoisotopic (exact) mass is 594 g/mol. The van der Waals surface area contributed by atoms with Gasteiger partial charge < -0.3 is 69.3 Å². The molecule has 2 aliphatic rings. The van der Waals surface area contributed by atoms with Crippen molar-refractivity contribution in [2.45, 2.75) is 68.3 Å². The van der Waals surface area contributed by atoms with Crippen LogP contribution in [0.1, 0.15) is 6.92 Å². The number of aliphatic hydroxyl groups is 7. The third kappa shape index (κ3) is 5.37. The van der Waals surface area contributed by atoms with Gasteiger partial charge in [-0.2, -0.15) is 0 Å².